The number of aromatic nitrogens is 2. The number of benzene rings is 1. The van der Waals surface area contributed by atoms with Crippen LogP contribution >= 0.6 is 11.6 Å². The third-order valence-corrected chi connectivity index (χ3v) is 5.66. The van der Waals surface area contributed by atoms with Gasteiger partial charge < -0.3 is 9.14 Å². The van der Waals surface area contributed by atoms with Crippen molar-refractivity contribution in [3.8, 4) is 0 Å². The van der Waals surface area contributed by atoms with Crippen molar-refractivity contribution < 1.29 is 9.53 Å². The van der Waals surface area contributed by atoms with Crippen molar-refractivity contribution in [3.63, 3.8) is 0 Å². The minimum absolute atomic E-state index is 0.335. The van der Waals surface area contributed by atoms with E-state index in [4.69, 9.17) is 21.3 Å². The van der Waals surface area contributed by atoms with Crippen LogP contribution in [0.3, 0.4) is 0 Å². The molecular formula is C22H23ClN2O2. The summed E-state index contributed by atoms with van der Waals surface area (Å²) in [7, 11) is 1.40. The number of carbonyl (C=O) groups is 1. The third kappa shape index (κ3) is 3.72. The SMILES string of the molecule is COC(=O)c1ccc2nc(C3CCCCC3)c(Cc3cccc(Cl)c3)n2c1. The lowest BCUT2D eigenvalue weighted by Crippen LogP contribution is -2.09. The van der Waals surface area contributed by atoms with Crippen LogP contribution < -0.4 is 0 Å². The van der Waals surface area contributed by atoms with Gasteiger partial charge in [-0.05, 0) is 42.7 Å². The van der Waals surface area contributed by atoms with E-state index in [0.29, 0.717) is 11.5 Å². The van der Waals surface area contributed by atoms with Gasteiger partial charge in [-0.2, -0.15) is 0 Å². The third-order valence-electron chi connectivity index (χ3n) is 5.42. The smallest absolute Gasteiger partial charge is 0.339 e. The van der Waals surface area contributed by atoms with Crippen molar-refractivity contribution in [2.75, 3.05) is 7.11 Å². The first kappa shape index (κ1) is 18.1. The molecule has 4 rings (SSSR count). The zero-order valence-corrected chi connectivity index (χ0v) is 16.2. The van der Waals surface area contributed by atoms with Crippen LogP contribution in [0.5, 0.6) is 0 Å². The van der Waals surface area contributed by atoms with Crippen molar-refractivity contribution in [1.29, 1.82) is 0 Å². The number of nitrogens with zero attached hydrogens (tertiary/aromatic N) is 2. The van der Waals surface area contributed by atoms with Crippen molar-refractivity contribution in [1.82, 2.24) is 9.38 Å². The Morgan fingerprint density at radius 1 is 1.22 bits per heavy atom. The number of hydrogen-bond donors (Lipinski definition) is 0. The van der Waals surface area contributed by atoms with Crippen molar-refractivity contribution >= 4 is 23.2 Å². The topological polar surface area (TPSA) is 43.6 Å². The molecule has 27 heavy (non-hydrogen) atoms. The Hall–Kier alpha value is -2.33. The number of methoxy groups -OCH3 is 1. The highest BCUT2D eigenvalue weighted by Gasteiger charge is 2.24. The van der Waals surface area contributed by atoms with Crippen LogP contribution in [0.2, 0.25) is 5.02 Å². The summed E-state index contributed by atoms with van der Waals surface area (Å²) < 4.78 is 6.94. The summed E-state index contributed by atoms with van der Waals surface area (Å²) >= 11 is 6.19. The molecule has 0 radical (unpaired) electrons. The van der Waals surface area contributed by atoms with Crippen LogP contribution in [0.25, 0.3) is 5.65 Å². The number of esters is 1. The van der Waals surface area contributed by atoms with E-state index in [9.17, 15) is 4.79 Å². The van der Waals surface area contributed by atoms with E-state index < -0.39 is 0 Å². The Morgan fingerprint density at radius 2 is 2.04 bits per heavy atom. The molecule has 0 unspecified atom stereocenters. The minimum atomic E-state index is -0.335. The van der Waals surface area contributed by atoms with Gasteiger partial charge in [0.15, 0.2) is 0 Å². The second-order valence-electron chi connectivity index (χ2n) is 7.22. The maximum atomic E-state index is 12.0. The van der Waals surface area contributed by atoms with Crippen LogP contribution in [0.1, 0.15) is 65.3 Å². The average molecular weight is 383 g/mol. The van der Waals surface area contributed by atoms with E-state index in [1.807, 2.05) is 30.5 Å². The van der Waals surface area contributed by atoms with Crippen LogP contribution in [0.4, 0.5) is 0 Å². The highest BCUT2D eigenvalue weighted by molar-refractivity contribution is 6.30. The van der Waals surface area contributed by atoms with E-state index in [1.165, 1.54) is 39.2 Å². The standard InChI is InChI=1S/C22H23ClN2O2/c1-27-22(26)17-10-11-20-24-21(16-7-3-2-4-8-16)19(25(20)14-17)13-15-6-5-9-18(23)12-15/h5-6,9-12,14,16H,2-4,7-8,13H2,1H3. The molecule has 1 aliphatic rings. The van der Waals surface area contributed by atoms with E-state index in [1.54, 1.807) is 6.07 Å². The molecule has 0 saturated heterocycles. The highest BCUT2D eigenvalue weighted by atomic mass is 35.5. The summed E-state index contributed by atoms with van der Waals surface area (Å²) in [5.74, 6) is 0.146. The molecule has 0 N–H and O–H groups in total. The van der Waals surface area contributed by atoms with Gasteiger partial charge in [0.2, 0.25) is 0 Å². The monoisotopic (exact) mass is 382 g/mol. The number of halogens is 1. The Balaban J connectivity index is 1.83. The molecule has 0 atom stereocenters. The number of rotatable bonds is 4. The van der Waals surface area contributed by atoms with Gasteiger partial charge in [-0.1, -0.05) is 43.0 Å². The van der Waals surface area contributed by atoms with Crippen LogP contribution in [0.15, 0.2) is 42.6 Å². The van der Waals surface area contributed by atoms with Crippen molar-refractivity contribution in [2.45, 2.75) is 44.4 Å². The number of fused-ring (bicyclic) bond motifs is 1. The summed E-state index contributed by atoms with van der Waals surface area (Å²) in [6.45, 7) is 0. The normalized spacial score (nSPS) is 15.2. The van der Waals surface area contributed by atoms with Gasteiger partial charge in [-0.15, -0.1) is 0 Å². The lowest BCUT2D eigenvalue weighted by molar-refractivity contribution is 0.0600. The first-order valence-corrected chi connectivity index (χ1v) is 9.87. The van der Waals surface area contributed by atoms with Gasteiger partial charge in [0.1, 0.15) is 5.65 Å². The quantitative estimate of drug-likeness (QED) is 0.566. The molecule has 1 fully saturated rings. The molecule has 0 spiro atoms. The second kappa shape index (κ2) is 7.73. The molecule has 0 aliphatic heterocycles. The molecule has 2 heterocycles. The van der Waals surface area contributed by atoms with Gasteiger partial charge in [0, 0.05) is 23.6 Å². The molecule has 5 heteroatoms. The Morgan fingerprint density at radius 3 is 2.78 bits per heavy atom. The summed E-state index contributed by atoms with van der Waals surface area (Å²) in [4.78, 5) is 17.0. The maximum Gasteiger partial charge on any atom is 0.339 e. The van der Waals surface area contributed by atoms with E-state index in [-0.39, 0.29) is 5.97 Å². The molecule has 1 saturated carbocycles. The lowest BCUT2D eigenvalue weighted by atomic mass is 9.85. The van der Waals surface area contributed by atoms with E-state index >= 15 is 0 Å². The fourth-order valence-corrected chi connectivity index (χ4v) is 4.28. The van der Waals surface area contributed by atoms with Crippen LogP contribution in [-0.4, -0.2) is 22.5 Å². The molecular weight excluding hydrogens is 360 g/mol. The van der Waals surface area contributed by atoms with E-state index in [0.717, 1.165) is 34.0 Å². The van der Waals surface area contributed by atoms with Gasteiger partial charge in [0.05, 0.1) is 24.1 Å². The zero-order chi connectivity index (χ0) is 18.8. The van der Waals surface area contributed by atoms with Gasteiger partial charge in [0.25, 0.3) is 0 Å². The Kier molecular flexibility index (Phi) is 5.17. The summed E-state index contributed by atoms with van der Waals surface area (Å²) in [6.07, 6.45) is 8.75. The van der Waals surface area contributed by atoms with E-state index in [2.05, 4.69) is 10.5 Å². The summed E-state index contributed by atoms with van der Waals surface area (Å²) in [6, 6.07) is 11.6. The van der Waals surface area contributed by atoms with Crippen LogP contribution in [0, 0.1) is 0 Å². The predicted molar refractivity (Wildman–Crippen MR) is 107 cm³/mol. The number of carbonyl (C=O) groups excluding carboxylic acids is 1. The average Bonchev–Trinajstić information content (AvgIpc) is 3.06. The fourth-order valence-electron chi connectivity index (χ4n) is 4.07. The number of imidazole rings is 1. The fraction of sp³-hybridized carbons (Fsp3) is 0.364. The molecule has 2 aromatic heterocycles. The second-order valence-corrected chi connectivity index (χ2v) is 7.66. The molecule has 3 aromatic rings. The lowest BCUT2D eigenvalue weighted by Gasteiger charge is -2.21. The number of hydrogen-bond acceptors (Lipinski definition) is 3. The molecule has 1 aromatic carbocycles. The Bertz CT molecular complexity index is 974. The van der Waals surface area contributed by atoms with Crippen LogP contribution in [-0.2, 0) is 11.2 Å². The summed E-state index contributed by atoms with van der Waals surface area (Å²) in [5, 5.41) is 0.732. The molecule has 4 nitrogen and oxygen atoms in total. The van der Waals surface area contributed by atoms with Crippen molar-refractivity contribution in [3.05, 3.63) is 70.1 Å². The van der Waals surface area contributed by atoms with Gasteiger partial charge >= 0.3 is 5.97 Å². The predicted octanol–water partition coefficient (Wildman–Crippen LogP) is 5.41. The van der Waals surface area contributed by atoms with Gasteiger partial charge in [-0.25, -0.2) is 9.78 Å². The maximum absolute atomic E-state index is 12.0. The summed E-state index contributed by atoms with van der Waals surface area (Å²) in [5.41, 5.74) is 4.86. The zero-order valence-electron chi connectivity index (χ0n) is 15.5. The Labute approximate surface area is 164 Å². The molecule has 140 valence electrons. The molecule has 0 amide bonds. The highest BCUT2D eigenvalue weighted by Crippen LogP contribution is 2.35. The van der Waals surface area contributed by atoms with Gasteiger partial charge in [-0.3, -0.25) is 0 Å². The van der Waals surface area contributed by atoms with Crippen molar-refractivity contribution in [2.24, 2.45) is 0 Å². The largest absolute Gasteiger partial charge is 0.465 e. The molecule has 1 aliphatic carbocycles. The number of pyridine rings is 1. The first-order chi connectivity index (χ1) is 13.2. The first-order valence-electron chi connectivity index (χ1n) is 9.49. The minimum Gasteiger partial charge on any atom is -0.465 e. The molecule has 0 bridgehead atoms. The number of ether oxygens (including phenoxy) is 1.